The van der Waals surface area contributed by atoms with Crippen molar-refractivity contribution in [2.75, 3.05) is 20.6 Å². The van der Waals surface area contributed by atoms with E-state index in [2.05, 4.69) is 6.92 Å². The fourth-order valence-corrected chi connectivity index (χ4v) is 2.26. The first kappa shape index (κ1) is 29.4. The number of hydroxylamine groups is 2. The zero-order chi connectivity index (χ0) is 18.6. The summed E-state index contributed by atoms with van der Waals surface area (Å²) in [5.74, 6) is -0.281. The lowest BCUT2D eigenvalue weighted by Crippen LogP contribution is -2.18. The van der Waals surface area contributed by atoms with Gasteiger partial charge in [0.15, 0.2) is 0 Å². The zero-order valence-corrected chi connectivity index (χ0v) is 19.0. The molecule has 0 aliphatic rings. The number of allylic oxidation sites excluding steroid dienone is 1. The van der Waals surface area contributed by atoms with Gasteiger partial charge < -0.3 is 10.6 Å². The molecule has 0 radical (unpaired) electrons. The van der Waals surface area contributed by atoms with E-state index in [1.807, 2.05) is 13.0 Å². The summed E-state index contributed by atoms with van der Waals surface area (Å²) in [6, 6.07) is 0. The van der Waals surface area contributed by atoms with Crippen LogP contribution < -0.4 is 5.73 Å². The first-order valence-corrected chi connectivity index (χ1v) is 9.75. The van der Waals surface area contributed by atoms with Gasteiger partial charge in [0.05, 0.1) is 0 Å². The predicted molar refractivity (Wildman–Crippen MR) is 115 cm³/mol. The maximum Gasteiger partial charge on any atom is 0.352 e. The third-order valence-corrected chi connectivity index (χ3v) is 3.66. The molecule has 0 saturated carbocycles. The van der Waals surface area contributed by atoms with Crippen LogP contribution in [0.4, 0.5) is 0 Å². The van der Waals surface area contributed by atoms with Crippen LogP contribution in [0.5, 0.6) is 0 Å². The van der Waals surface area contributed by atoms with Crippen LogP contribution in [-0.2, 0) is 9.63 Å². The molecule has 0 saturated heterocycles. The highest BCUT2D eigenvalue weighted by molar-refractivity contribution is 8.93. The Kier molecular flexibility index (Phi) is 27.7. The van der Waals surface area contributed by atoms with E-state index in [4.69, 9.17) is 10.6 Å². The van der Waals surface area contributed by atoms with Crippen LogP contribution in [0, 0.1) is 0 Å². The Morgan fingerprint density at radius 2 is 1.36 bits per heavy atom. The molecule has 0 aromatic heterocycles. The normalized spacial score (nSPS) is 10.8. The quantitative estimate of drug-likeness (QED) is 0.231. The van der Waals surface area contributed by atoms with E-state index in [1.165, 1.54) is 69.3 Å². The summed E-state index contributed by atoms with van der Waals surface area (Å²) in [6.45, 7) is 6.87. The van der Waals surface area contributed by atoms with E-state index >= 15 is 0 Å². The second-order valence-corrected chi connectivity index (χ2v) is 6.46. The Morgan fingerprint density at radius 1 is 0.920 bits per heavy atom. The predicted octanol–water partition coefficient (Wildman–Crippen LogP) is 5.81. The van der Waals surface area contributed by atoms with Gasteiger partial charge in [-0.05, 0) is 26.3 Å². The van der Waals surface area contributed by atoms with Gasteiger partial charge in [-0.15, -0.1) is 22.0 Å². The molecule has 0 aliphatic heterocycles. The second kappa shape index (κ2) is 23.6. The van der Waals surface area contributed by atoms with E-state index < -0.39 is 0 Å². The van der Waals surface area contributed by atoms with E-state index in [0.29, 0.717) is 5.57 Å². The number of carbonyl (C=O) groups is 1. The highest BCUT2D eigenvalue weighted by atomic mass is 79.9. The Hall–Kier alpha value is -0.390. The van der Waals surface area contributed by atoms with Crippen LogP contribution >= 0.6 is 17.0 Å². The second-order valence-electron chi connectivity index (χ2n) is 6.46. The smallest absolute Gasteiger partial charge is 0.352 e. The lowest BCUT2D eigenvalue weighted by atomic mass is 10.1. The number of rotatable bonds is 13. The molecule has 0 amide bonds. The monoisotopic (exact) mass is 422 g/mol. The number of carbonyl (C=O) groups excluding carboxylic acids is 1. The zero-order valence-electron chi connectivity index (χ0n) is 17.3. The molecule has 5 heteroatoms. The van der Waals surface area contributed by atoms with Crippen molar-refractivity contribution in [1.82, 2.24) is 5.06 Å². The van der Waals surface area contributed by atoms with Crippen molar-refractivity contribution in [1.29, 1.82) is 0 Å². The van der Waals surface area contributed by atoms with Gasteiger partial charge in [0.1, 0.15) is 0 Å². The number of halogens is 1. The van der Waals surface area contributed by atoms with Crippen LogP contribution in [0.2, 0.25) is 0 Å². The number of nitrogens with two attached hydrogens (primary N) is 1. The van der Waals surface area contributed by atoms with Gasteiger partial charge in [-0.3, -0.25) is 0 Å². The van der Waals surface area contributed by atoms with Crippen molar-refractivity contribution < 1.29 is 9.63 Å². The Labute approximate surface area is 167 Å². The maximum absolute atomic E-state index is 11.0. The maximum atomic E-state index is 11.0. The fourth-order valence-electron chi connectivity index (χ4n) is 2.26. The van der Waals surface area contributed by atoms with Gasteiger partial charge in [0.2, 0.25) is 0 Å². The van der Waals surface area contributed by atoms with Crippen molar-refractivity contribution in [3.05, 3.63) is 11.6 Å². The van der Waals surface area contributed by atoms with Crippen LogP contribution in [0.3, 0.4) is 0 Å². The number of hydrogen-bond acceptors (Lipinski definition) is 4. The average Bonchev–Trinajstić information content (AvgIpc) is 2.53. The topological polar surface area (TPSA) is 55.6 Å². The molecular formula is C20H43BrN2O2. The molecule has 2 N–H and O–H groups in total. The molecule has 0 unspecified atom stereocenters. The van der Waals surface area contributed by atoms with E-state index in [-0.39, 0.29) is 23.0 Å². The van der Waals surface area contributed by atoms with Gasteiger partial charge in [-0.2, -0.15) is 0 Å². The first-order chi connectivity index (χ1) is 11.5. The molecule has 0 aliphatic carbocycles. The lowest BCUT2D eigenvalue weighted by Gasteiger charge is -2.09. The summed E-state index contributed by atoms with van der Waals surface area (Å²) >= 11 is 0. The summed E-state index contributed by atoms with van der Waals surface area (Å²) in [5, 5.41) is 1.38. The Balaban J connectivity index is -0.000000377. The molecule has 0 bridgehead atoms. The van der Waals surface area contributed by atoms with Crippen LogP contribution in [0.25, 0.3) is 0 Å². The molecule has 0 rings (SSSR count). The summed E-state index contributed by atoms with van der Waals surface area (Å²) in [6.07, 6.45) is 16.6. The third kappa shape index (κ3) is 26.0. The minimum absolute atomic E-state index is 0. The molecule has 0 aromatic rings. The highest BCUT2D eigenvalue weighted by Gasteiger charge is 2.05. The molecule has 0 spiro atoms. The van der Waals surface area contributed by atoms with Crippen molar-refractivity contribution in [3.63, 3.8) is 0 Å². The number of hydrogen-bond donors (Lipinski definition) is 1. The fraction of sp³-hybridized carbons (Fsp3) is 0.850. The number of nitrogens with zero attached hydrogens (tertiary/aromatic N) is 1. The molecule has 0 atom stereocenters. The summed E-state index contributed by atoms with van der Waals surface area (Å²) in [5.41, 5.74) is 6.08. The van der Waals surface area contributed by atoms with E-state index in [9.17, 15) is 4.79 Å². The third-order valence-electron chi connectivity index (χ3n) is 3.66. The van der Waals surface area contributed by atoms with Crippen molar-refractivity contribution in [2.45, 2.75) is 91.4 Å². The number of unbranched alkanes of at least 4 members (excludes halogenated alkanes) is 9. The van der Waals surface area contributed by atoms with Gasteiger partial charge >= 0.3 is 5.97 Å². The largest absolute Gasteiger partial charge is 0.365 e. The molecule has 0 aromatic carbocycles. The summed E-state index contributed by atoms with van der Waals surface area (Å²) in [7, 11) is 3.36. The molecule has 25 heavy (non-hydrogen) atoms. The van der Waals surface area contributed by atoms with Crippen LogP contribution in [0.1, 0.15) is 91.4 Å². The van der Waals surface area contributed by atoms with Crippen molar-refractivity contribution >= 4 is 23.0 Å². The molecule has 0 fully saturated rings. The SMILES string of the molecule is Br.CCC=C(C)C(=O)ON(C)C.CCCCCCCCCCCCN. The standard InChI is InChI=1S/C12H27N.C8H15NO2.BrH/c1-2-3-4-5-6-7-8-9-10-11-12-13;1-5-6-7(2)8(10)11-9(3)4;/h2-13H2,1H3;6H,5H2,1-4H3;1H. The van der Waals surface area contributed by atoms with E-state index in [0.717, 1.165) is 13.0 Å². The molecule has 4 nitrogen and oxygen atoms in total. The van der Waals surface area contributed by atoms with E-state index in [1.54, 1.807) is 21.0 Å². The lowest BCUT2D eigenvalue weighted by molar-refractivity contribution is -0.172. The summed E-state index contributed by atoms with van der Waals surface area (Å²) < 4.78 is 0. The molecule has 0 heterocycles. The minimum atomic E-state index is -0.281. The first-order valence-electron chi connectivity index (χ1n) is 9.75. The van der Waals surface area contributed by atoms with Crippen molar-refractivity contribution in [2.24, 2.45) is 5.73 Å². The minimum Gasteiger partial charge on any atom is -0.365 e. The van der Waals surface area contributed by atoms with Gasteiger partial charge in [-0.25, -0.2) is 4.79 Å². The average molecular weight is 423 g/mol. The Bertz CT molecular complexity index is 298. The molecular weight excluding hydrogens is 380 g/mol. The van der Waals surface area contributed by atoms with Gasteiger partial charge in [0.25, 0.3) is 0 Å². The summed E-state index contributed by atoms with van der Waals surface area (Å²) in [4.78, 5) is 15.8. The Morgan fingerprint density at radius 3 is 1.72 bits per heavy atom. The highest BCUT2D eigenvalue weighted by Crippen LogP contribution is 2.09. The van der Waals surface area contributed by atoms with Crippen LogP contribution in [-0.4, -0.2) is 31.7 Å². The van der Waals surface area contributed by atoms with Crippen molar-refractivity contribution in [3.8, 4) is 0 Å². The van der Waals surface area contributed by atoms with Gasteiger partial charge in [-0.1, -0.05) is 77.7 Å². The van der Waals surface area contributed by atoms with Gasteiger partial charge in [0, 0.05) is 19.7 Å². The van der Waals surface area contributed by atoms with Crippen LogP contribution in [0.15, 0.2) is 11.6 Å². The molecule has 152 valence electrons.